The molecule has 1 fully saturated rings. The zero-order chi connectivity index (χ0) is 26.4. The number of carbonyl (C=O) groups is 2. The molecular formula is C25H22F2N6O4. The zero-order valence-corrected chi connectivity index (χ0v) is 19.4. The maximum absolute atomic E-state index is 14.8. The Bertz CT molecular complexity index is 1360. The molecule has 1 aliphatic carbocycles. The van der Waals surface area contributed by atoms with Gasteiger partial charge in [0.2, 0.25) is 17.7 Å². The Hall–Kier alpha value is -4.87. The first-order valence-corrected chi connectivity index (χ1v) is 11.0. The molecule has 0 radical (unpaired) electrons. The lowest BCUT2D eigenvalue weighted by Crippen LogP contribution is -2.35. The highest BCUT2D eigenvalue weighted by Gasteiger charge is 2.56. The van der Waals surface area contributed by atoms with Gasteiger partial charge in [-0.1, -0.05) is 17.8 Å². The SMILES string of the molecule is C=CCO/N=C/c1c(N)ncnc1Oc1ccc(NC(=O)C2(C(=O)Nc3ccc(F)cc3)CC2)cc1F. The molecule has 12 heteroatoms. The van der Waals surface area contributed by atoms with Crippen LogP contribution in [-0.4, -0.2) is 34.6 Å². The van der Waals surface area contributed by atoms with Crippen molar-refractivity contribution in [2.24, 2.45) is 10.6 Å². The summed E-state index contributed by atoms with van der Waals surface area (Å²) >= 11 is 0. The lowest BCUT2D eigenvalue weighted by atomic mass is 10.0. The topological polar surface area (TPSA) is 141 Å². The van der Waals surface area contributed by atoms with Gasteiger partial charge in [-0.15, -0.1) is 0 Å². The van der Waals surface area contributed by atoms with Gasteiger partial charge >= 0.3 is 0 Å². The molecule has 2 amide bonds. The highest BCUT2D eigenvalue weighted by molar-refractivity contribution is 6.16. The number of halogens is 2. The summed E-state index contributed by atoms with van der Waals surface area (Å²) < 4.78 is 33.5. The van der Waals surface area contributed by atoms with Gasteiger partial charge in [-0.2, -0.15) is 0 Å². The Balaban J connectivity index is 1.44. The van der Waals surface area contributed by atoms with Crippen LogP contribution in [-0.2, 0) is 14.4 Å². The number of amides is 2. The summed E-state index contributed by atoms with van der Waals surface area (Å²) in [6.45, 7) is 3.67. The van der Waals surface area contributed by atoms with Crippen LogP contribution in [0.2, 0.25) is 0 Å². The first-order chi connectivity index (χ1) is 17.8. The van der Waals surface area contributed by atoms with E-state index in [-0.39, 0.29) is 35.3 Å². The Kier molecular flexibility index (Phi) is 7.37. The summed E-state index contributed by atoms with van der Waals surface area (Å²) in [4.78, 5) is 38.3. The van der Waals surface area contributed by atoms with Crippen LogP contribution in [0.5, 0.6) is 11.6 Å². The van der Waals surface area contributed by atoms with Gasteiger partial charge in [0.25, 0.3) is 0 Å². The first kappa shape index (κ1) is 25.2. The van der Waals surface area contributed by atoms with Crippen molar-refractivity contribution in [1.29, 1.82) is 0 Å². The number of nitrogens with one attached hydrogen (secondary N) is 2. The third-order valence-corrected chi connectivity index (χ3v) is 5.44. The quantitative estimate of drug-likeness (QED) is 0.123. The number of nitrogen functional groups attached to an aromatic ring is 1. The lowest BCUT2D eigenvalue weighted by Gasteiger charge is -2.16. The maximum atomic E-state index is 14.8. The summed E-state index contributed by atoms with van der Waals surface area (Å²) in [7, 11) is 0. The average molecular weight is 508 g/mol. The summed E-state index contributed by atoms with van der Waals surface area (Å²) in [5.41, 5.74) is 5.21. The van der Waals surface area contributed by atoms with Crippen LogP contribution in [0.3, 0.4) is 0 Å². The Labute approximate surface area is 210 Å². The predicted octanol–water partition coefficient (Wildman–Crippen LogP) is 4.02. The number of aromatic nitrogens is 2. The highest BCUT2D eigenvalue weighted by atomic mass is 19.1. The van der Waals surface area contributed by atoms with Gasteiger partial charge in [-0.25, -0.2) is 18.7 Å². The van der Waals surface area contributed by atoms with E-state index in [2.05, 4.69) is 32.3 Å². The summed E-state index contributed by atoms with van der Waals surface area (Å²) in [5.74, 6) is -2.59. The summed E-state index contributed by atoms with van der Waals surface area (Å²) in [6.07, 6.45) is 4.52. The lowest BCUT2D eigenvalue weighted by molar-refractivity contribution is -0.131. The molecule has 0 saturated heterocycles. The van der Waals surface area contributed by atoms with Gasteiger partial charge in [0.15, 0.2) is 11.6 Å². The molecular weight excluding hydrogens is 486 g/mol. The van der Waals surface area contributed by atoms with Crippen LogP contribution in [0, 0.1) is 17.0 Å². The standard InChI is InChI=1S/C25H22F2N6O4/c1-2-11-36-31-13-18-21(28)29-14-30-22(18)37-20-8-7-17(12-19(20)27)33-24(35)25(9-10-25)23(34)32-16-5-3-15(26)4-6-16/h2-8,12-14H,1,9-11H2,(H,32,34)(H,33,35)(H2,28,29,30)/b31-13+. The second kappa shape index (κ2) is 10.8. The van der Waals surface area contributed by atoms with Crippen LogP contribution in [0.25, 0.3) is 0 Å². The summed E-state index contributed by atoms with van der Waals surface area (Å²) in [6, 6.07) is 8.94. The van der Waals surface area contributed by atoms with Crippen molar-refractivity contribution in [3.63, 3.8) is 0 Å². The number of hydrogen-bond acceptors (Lipinski definition) is 8. The van der Waals surface area contributed by atoms with Crippen LogP contribution < -0.4 is 21.1 Å². The third-order valence-electron chi connectivity index (χ3n) is 5.44. The van der Waals surface area contributed by atoms with Gasteiger partial charge in [-0.05, 0) is 49.2 Å². The number of benzene rings is 2. The van der Waals surface area contributed by atoms with E-state index in [4.69, 9.17) is 15.3 Å². The normalized spacial score (nSPS) is 13.6. The first-order valence-electron chi connectivity index (χ1n) is 11.0. The minimum atomic E-state index is -1.29. The molecule has 4 rings (SSSR count). The molecule has 4 N–H and O–H groups in total. The molecule has 1 saturated carbocycles. The minimum absolute atomic E-state index is 0.0360. The van der Waals surface area contributed by atoms with E-state index in [1.54, 1.807) is 0 Å². The van der Waals surface area contributed by atoms with Crippen molar-refractivity contribution in [1.82, 2.24) is 9.97 Å². The number of nitrogens with zero attached hydrogens (tertiary/aromatic N) is 3. The fourth-order valence-electron chi connectivity index (χ4n) is 3.26. The maximum Gasteiger partial charge on any atom is 0.240 e. The molecule has 10 nitrogen and oxygen atoms in total. The monoisotopic (exact) mass is 508 g/mol. The van der Waals surface area contributed by atoms with E-state index in [1.807, 2.05) is 0 Å². The van der Waals surface area contributed by atoms with Crippen molar-refractivity contribution >= 4 is 35.2 Å². The second-order valence-corrected chi connectivity index (χ2v) is 8.04. The third kappa shape index (κ3) is 5.86. The van der Waals surface area contributed by atoms with E-state index < -0.39 is 28.9 Å². The number of anilines is 3. The Morgan fingerprint density at radius 2 is 1.76 bits per heavy atom. The fraction of sp³-hybridized carbons (Fsp3) is 0.160. The van der Waals surface area contributed by atoms with Crippen LogP contribution >= 0.6 is 0 Å². The van der Waals surface area contributed by atoms with E-state index in [9.17, 15) is 18.4 Å². The van der Waals surface area contributed by atoms with Gasteiger partial charge in [0.05, 0.1) is 6.21 Å². The smallest absolute Gasteiger partial charge is 0.240 e. The zero-order valence-electron chi connectivity index (χ0n) is 19.4. The number of hydrogen-bond donors (Lipinski definition) is 3. The number of ether oxygens (including phenoxy) is 1. The van der Waals surface area contributed by atoms with Crippen molar-refractivity contribution < 1.29 is 27.9 Å². The van der Waals surface area contributed by atoms with E-state index in [1.165, 1.54) is 48.7 Å². The van der Waals surface area contributed by atoms with Gasteiger partial charge in [0.1, 0.15) is 35.5 Å². The fourth-order valence-corrected chi connectivity index (χ4v) is 3.26. The molecule has 0 atom stereocenters. The van der Waals surface area contributed by atoms with Gasteiger partial charge in [-0.3, -0.25) is 9.59 Å². The molecule has 3 aromatic rings. The van der Waals surface area contributed by atoms with Crippen LogP contribution in [0.4, 0.5) is 26.0 Å². The molecule has 1 heterocycles. The Morgan fingerprint density at radius 1 is 1.08 bits per heavy atom. The van der Waals surface area contributed by atoms with Crippen molar-refractivity contribution in [2.75, 3.05) is 23.0 Å². The summed E-state index contributed by atoms with van der Waals surface area (Å²) in [5, 5.41) is 8.89. The molecule has 190 valence electrons. The van der Waals surface area contributed by atoms with Crippen molar-refractivity contribution in [3.8, 4) is 11.6 Å². The average Bonchev–Trinajstić information content (AvgIpc) is 3.69. The molecule has 1 aromatic heterocycles. The predicted molar refractivity (Wildman–Crippen MR) is 132 cm³/mol. The van der Waals surface area contributed by atoms with Crippen molar-refractivity contribution in [3.05, 3.63) is 78.6 Å². The van der Waals surface area contributed by atoms with Crippen molar-refractivity contribution in [2.45, 2.75) is 12.8 Å². The molecule has 0 spiro atoms. The van der Waals surface area contributed by atoms with Gasteiger partial charge in [0, 0.05) is 17.4 Å². The highest BCUT2D eigenvalue weighted by Crippen LogP contribution is 2.47. The van der Waals surface area contributed by atoms with Crippen LogP contribution in [0.15, 0.2) is 66.6 Å². The number of nitrogens with two attached hydrogens (primary N) is 1. The Morgan fingerprint density at radius 3 is 2.41 bits per heavy atom. The molecule has 0 aliphatic heterocycles. The number of carbonyl (C=O) groups excluding carboxylic acids is 2. The molecule has 37 heavy (non-hydrogen) atoms. The number of rotatable bonds is 10. The van der Waals surface area contributed by atoms with Gasteiger partial charge < -0.3 is 25.9 Å². The molecule has 0 unspecified atom stereocenters. The second-order valence-electron chi connectivity index (χ2n) is 8.04. The minimum Gasteiger partial charge on any atom is -0.435 e. The van der Waals surface area contributed by atoms with E-state index in [0.29, 0.717) is 18.5 Å². The molecule has 1 aliphatic rings. The largest absolute Gasteiger partial charge is 0.435 e. The van der Waals surface area contributed by atoms with E-state index >= 15 is 0 Å². The van der Waals surface area contributed by atoms with E-state index in [0.717, 1.165) is 12.4 Å². The molecule has 0 bridgehead atoms. The molecule has 2 aromatic carbocycles. The van der Waals surface area contributed by atoms with Crippen LogP contribution in [0.1, 0.15) is 18.4 Å². The number of oxime groups is 1.